The van der Waals surface area contributed by atoms with E-state index in [4.69, 9.17) is 26.8 Å². The maximum Gasteiger partial charge on any atom is 0.159 e. The van der Waals surface area contributed by atoms with Gasteiger partial charge in [0.15, 0.2) is 11.6 Å². The number of benzene rings is 2. The van der Waals surface area contributed by atoms with Crippen LogP contribution in [-0.4, -0.2) is 37.3 Å². The molecule has 1 aromatic heterocycles. The van der Waals surface area contributed by atoms with Crippen molar-refractivity contribution in [2.75, 3.05) is 43.3 Å². The molecular formula is C24H28ClN5O2. The first-order valence-electron chi connectivity index (χ1n) is 10.7. The average Bonchev–Trinajstić information content (AvgIpc) is 2.82. The van der Waals surface area contributed by atoms with E-state index in [1.807, 2.05) is 0 Å². The van der Waals surface area contributed by atoms with Crippen molar-refractivity contribution in [3.8, 4) is 11.5 Å². The fourth-order valence-corrected chi connectivity index (χ4v) is 4.36. The van der Waals surface area contributed by atoms with Gasteiger partial charge in [-0.25, -0.2) is 9.97 Å². The molecule has 0 spiro atoms. The zero-order valence-corrected chi connectivity index (χ0v) is 19.1. The molecule has 1 fully saturated rings. The largest absolute Gasteiger partial charge is 0.495 e. The number of anilines is 4. The van der Waals surface area contributed by atoms with Crippen molar-refractivity contribution in [3.05, 3.63) is 59.4 Å². The van der Waals surface area contributed by atoms with Gasteiger partial charge in [0.2, 0.25) is 0 Å². The van der Waals surface area contributed by atoms with Gasteiger partial charge in [0.25, 0.3) is 0 Å². The Bertz CT molecular complexity index is 1060. The maximum absolute atomic E-state index is 6.48. The number of nitrogen functional groups attached to an aromatic ring is 1. The summed E-state index contributed by atoms with van der Waals surface area (Å²) in [5, 5.41) is 3.70. The van der Waals surface area contributed by atoms with Crippen molar-refractivity contribution in [3.63, 3.8) is 0 Å². The van der Waals surface area contributed by atoms with Gasteiger partial charge >= 0.3 is 0 Å². The second-order valence-corrected chi connectivity index (χ2v) is 8.30. The molecule has 7 nitrogen and oxygen atoms in total. The Morgan fingerprint density at radius 2 is 1.78 bits per heavy atom. The summed E-state index contributed by atoms with van der Waals surface area (Å²) in [5.41, 5.74) is 9.02. The van der Waals surface area contributed by atoms with Gasteiger partial charge in [-0.2, -0.15) is 0 Å². The standard InChI is InChI=1S/C24H28ClN5O2/c1-31-20-14-21(32-2)19(13-18(20)25)29-23-22(26)24(28-15-27-23)30-10-8-17(9-11-30)12-16-6-4-3-5-7-16/h3-7,13-15,17H,8-12,26H2,1-2H3,(H,27,28,29). The molecule has 8 heteroatoms. The summed E-state index contributed by atoms with van der Waals surface area (Å²) in [6.07, 6.45) is 4.84. The van der Waals surface area contributed by atoms with E-state index in [1.165, 1.54) is 11.9 Å². The van der Waals surface area contributed by atoms with Crippen LogP contribution in [0.4, 0.5) is 23.0 Å². The SMILES string of the molecule is COc1cc(OC)c(Nc2ncnc(N3CCC(Cc4ccccc4)CC3)c2N)cc1Cl. The van der Waals surface area contributed by atoms with Crippen LogP contribution >= 0.6 is 11.6 Å². The lowest BCUT2D eigenvalue weighted by Crippen LogP contribution is -2.35. The Kier molecular flexibility index (Phi) is 6.85. The van der Waals surface area contributed by atoms with Gasteiger partial charge in [0.1, 0.15) is 23.5 Å². The summed E-state index contributed by atoms with van der Waals surface area (Å²) in [6, 6.07) is 14.1. The van der Waals surface area contributed by atoms with Gasteiger partial charge in [0.05, 0.1) is 24.9 Å². The first kappa shape index (κ1) is 22.0. The normalized spacial score (nSPS) is 14.3. The lowest BCUT2D eigenvalue weighted by molar-refractivity contribution is 0.396. The first-order chi connectivity index (χ1) is 15.6. The second-order valence-electron chi connectivity index (χ2n) is 7.89. The second kappa shape index (κ2) is 9.96. The van der Waals surface area contributed by atoms with E-state index in [0.29, 0.717) is 39.6 Å². The van der Waals surface area contributed by atoms with E-state index in [9.17, 15) is 0 Å². The molecule has 2 aromatic carbocycles. The Balaban J connectivity index is 1.47. The number of nitrogens with zero attached hydrogens (tertiary/aromatic N) is 3. The van der Waals surface area contributed by atoms with Crippen LogP contribution in [0.25, 0.3) is 0 Å². The number of ether oxygens (including phenoxy) is 2. The number of methoxy groups -OCH3 is 2. The lowest BCUT2D eigenvalue weighted by Gasteiger charge is -2.33. The van der Waals surface area contributed by atoms with E-state index >= 15 is 0 Å². The quantitative estimate of drug-likeness (QED) is 0.524. The number of nitrogens with two attached hydrogens (primary N) is 1. The number of hydrogen-bond donors (Lipinski definition) is 2. The van der Waals surface area contributed by atoms with E-state index in [-0.39, 0.29) is 0 Å². The third kappa shape index (κ3) is 4.83. The first-order valence-corrected chi connectivity index (χ1v) is 11.0. The van der Waals surface area contributed by atoms with Crippen LogP contribution in [0.15, 0.2) is 48.8 Å². The van der Waals surface area contributed by atoms with Crippen molar-refractivity contribution >= 4 is 34.6 Å². The molecule has 0 saturated carbocycles. The van der Waals surface area contributed by atoms with Gasteiger partial charge in [0, 0.05) is 19.2 Å². The highest BCUT2D eigenvalue weighted by Gasteiger charge is 2.23. The van der Waals surface area contributed by atoms with E-state index in [0.717, 1.165) is 38.2 Å². The van der Waals surface area contributed by atoms with E-state index in [2.05, 4.69) is 50.5 Å². The minimum absolute atomic E-state index is 0.462. The molecule has 3 N–H and O–H groups in total. The van der Waals surface area contributed by atoms with Crippen LogP contribution in [0, 0.1) is 5.92 Å². The molecule has 0 amide bonds. The Hall–Kier alpha value is -3.19. The van der Waals surface area contributed by atoms with Gasteiger partial charge in [-0.3, -0.25) is 0 Å². The van der Waals surface area contributed by atoms with Crippen molar-refractivity contribution in [1.29, 1.82) is 0 Å². The topological polar surface area (TPSA) is 85.5 Å². The van der Waals surface area contributed by atoms with E-state index < -0.39 is 0 Å². The van der Waals surface area contributed by atoms with Crippen LogP contribution in [0.3, 0.4) is 0 Å². The molecule has 0 bridgehead atoms. The number of halogens is 1. The van der Waals surface area contributed by atoms with Gasteiger partial charge in [-0.05, 0) is 36.8 Å². The molecule has 1 aliphatic heterocycles. The molecule has 2 heterocycles. The minimum Gasteiger partial charge on any atom is -0.495 e. The highest BCUT2D eigenvalue weighted by atomic mass is 35.5. The molecule has 0 aliphatic carbocycles. The van der Waals surface area contributed by atoms with Crippen molar-refractivity contribution in [2.24, 2.45) is 5.92 Å². The molecule has 0 radical (unpaired) electrons. The predicted molar refractivity (Wildman–Crippen MR) is 129 cm³/mol. The molecule has 0 atom stereocenters. The third-order valence-electron chi connectivity index (χ3n) is 5.87. The maximum atomic E-state index is 6.48. The van der Waals surface area contributed by atoms with E-state index in [1.54, 1.807) is 26.4 Å². The highest BCUT2D eigenvalue weighted by molar-refractivity contribution is 6.32. The van der Waals surface area contributed by atoms with Crippen molar-refractivity contribution in [1.82, 2.24) is 9.97 Å². The van der Waals surface area contributed by atoms with Crippen LogP contribution in [0.2, 0.25) is 5.02 Å². The van der Waals surface area contributed by atoms with Crippen molar-refractivity contribution < 1.29 is 9.47 Å². The third-order valence-corrected chi connectivity index (χ3v) is 6.17. The molecule has 168 valence electrons. The van der Waals surface area contributed by atoms with Crippen molar-refractivity contribution in [2.45, 2.75) is 19.3 Å². The number of rotatable bonds is 7. The molecule has 4 rings (SSSR count). The Morgan fingerprint density at radius 3 is 2.47 bits per heavy atom. The molecule has 1 aliphatic rings. The highest BCUT2D eigenvalue weighted by Crippen LogP contribution is 2.39. The predicted octanol–water partition coefficient (Wildman–Crippen LogP) is 4.93. The van der Waals surface area contributed by atoms with Crippen LogP contribution in [0.5, 0.6) is 11.5 Å². The fraction of sp³-hybridized carbons (Fsp3) is 0.333. The lowest BCUT2D eigenvalue weighted by atomic mass is 9.90. The van der Waals surface area contributed by atoms with Crippen LogP contribution in [0.1, 0.15) is 18.4 Å². The molecule has 1 saturated heterocycles. The van der Waals surface area contributed by atoms with Gasteiger partial charge in [-0.15, -0.1) is 0 Å². The average molecular weight is 454 g/mol. The zero-order chi connectivity index (χ0) is 22.5. The molecular weight excluding hydrogens is 426 g/mol. The number of nitrogens with one attached hydrogen (secondary N) is 1. The monoisotopic (exact) mass is 453 g/mol. The van der Waals surface area contributed by atoms with Crippen LogP contribution in [-0.2, 0) is 6.42 Å². The summed E-state index contributed by atoms with van der Waals surface area (Å²) < 4.78 is 10.7. The summed E-state index contributed by atoms with van der Waals surface area (Å²) >= 11 is 6.30. The van der Waals surface area contributed by atoms with Crippen LogP contribution < -0.4 is 25.4 Å². The zero-order valence-electron chi connectivity index (χ0n) is 18.3. The molecule has 32 heavy (non-hydrogen) atoms. The summed E-state index contributed by atoms with van der Waals surface area (Å²) in [4.78, 5) is 11.1. The van der Waals surface area contributed by atoms with Gasteiger partial charge in [-0.1, -0.05) is 41.9 Å². The minimum atomic E-state index is 0.462. The Labute approximate surface area is 193 Å². The smallest absolute Gasteiger partial charge is 0.159 e. The fourth-order valence-electron chi connectivity index (χ4n) is 4.12. The number of piperidine rings is 1. The summed E-state index contributed by atoms with van der Waals surface area (Å²) in [5.74, 6) is 3.04. The Morgan fingerprint density at radius 1 is 1.06 bits per heavy atom. The number of hydrogen-bond acceptors (Lipinski definition) is 7. The number of aromatic nitrogens is 2. The van der Waals surface area contributed by atoms with Gasteiger partial charge < -0.3 is 25.4 Å². The summed E-state index contributed by atoms with van der Waals surface area (Å²) in [6.45, 7) is 1.83. The summed E-state index contributed by atoms with van der Waals surface area (Å²) in [7, 11) is 3.15. The molecule has 0 unspecified atom stereocenters. The molecule has 3 aromatic rings.